The molecule has 0 spiro atoms. The lowest BCUT2D eigenvalue weighted by molar-refractivity contribution is -0.140. The zero-order valence-corrected chi connectivity index (χ0v) is 19.2. The van der Waals surface area contributed by atoms with Crippen LogP contribution in [0.3, 0.4) is 0 Å². The number of thiazole rings is 1. The average molecular weight is 468 g/mol. The first-order valence-corrected chi connectivity index (χ1v) is 11.6. The number of ether oxygens (including phenoxy) is 2. The molecule has 8 nitrogen and oxygen atoms in total. The van der Waals surface area contributed by atoms with Gasteiger partial charge in [-0.2, -0.15) is 0 Å². The van der Waals surface area contributed by atoms with Gasteiger partial charge in [-0.25, -0.2) is 9.78 Å². The third-order valence-corrected chi connectivity index (χ3v) is 6.59. The summed E-state index contributed by atoms with van der Waals surface area (Å²) in [5, 5.41) is 12.3. The molecule has 2 N–H and O–H groups in total. The number of amides is 1. The van der Waals surface area contributed by atoms with E-state index in [2.05, 4.69) is 15.3 Å². The lowest BCUT2D eigenvalue weighted by atomic mass is 9.98. The zero-order valence-electron chi connectivity index (χ0n) is 18.4. The number of carboxylic acids is 1. The number of hydrogen-bond donors (Lipinski definition) is 2. The van der Waals surface area contributed by atoms with Crippen LogP contribution in [0.15, 0.2) is 48.9 Å². The topological polar surface area (TPSA) is 111 Å². The first-order chi connectivity index (χ1) is 15.9. The van der Waals surface area contributed by atoms with E-state index in [1.165, 1.54) is 6.20 Å². The van der Waals surface area contributed by atoms with E-state index in [9.17, 15) is 14.7 Å². The largest absolute Gasteiger partial charge is 0.485 e. The first-order valence-electron chi connectivity index (χ1n) is 10.8. The van der Waals surface area contributed by atoms with E-state index < -0.39 is 17.9 Å². The number of aliphatic carboxylic acids is 1. The van der Waals surface area contributed by atoms with Crippen molar-refractivity contribution < 1.29 is 24.2 Å². The Morgan fingerprint density at radius 2 is 2.18 bits per heavy atom. The highest BCUT2D eigenvalue weighted by atomic mass is 32.1. The molecule has 1 aliphatic heterocycles. The maximum Gasteiger partial charge on any atom is 0.326 e. The normalized spacial score (nSPS) is 16.7. The lowest BCUT2D eigenvalue weighted by Crippen LogP contribution is -2.44. The minimum Gasteiger partial charge on any atom is -0.485 e. The zero-order chi connectivity index (χ0) is 23.4. The van der Waals surface area contributed by atoms with Gasteiger partial charge in [0.1, 0.15) is 28.5 Å². The van der Waals surface area contributed by atoms with Crippen molar-refractivity contribution in [2.45, 2.75) is 45.3 Å². The number of nitrogens with one attached hydrogen (secondary N) is 1. The standard InChI is InChI=1S/C24H25N3O5S/c1-3-14(2)21(23(29)30)27-22(28)20-13-26-24(33-20)31-17-7-9-18-15(11-17)6-8-19(32-18)16-5-4-10-25-12-16/h4-5,7,9-14,19,21H,3,6,8H2,1-2H3,(H,27,28)(H,29,30)/t14-,19?,21-/m0/s1. The van der Waals surface area contributed by atoms with E-state index in [-0.39, 0.29) is 12.0 Å². The molecular weight excluding hydrogens is 442 g/mol. The Kier molecular flexibility index (Phi) is 6.88. The van der Waals surface area contributed by atoms with Crippen molar-refractivity contribution in [1.29, 1.82) is 0 Å². The van der Waals surface area contributed by atoms with Gasteiger partial charge in [0.2, 0.25) is 0 Å². The highest BCUT2D eigenvalue weighted by molar-refractivity contribution is 7.15. The molecule has 172 valence electrons. The molecule has 4 rings (SSSR count). The van der Waals surface area contributed by atoms with E-state index in [1.807, 2.05) is 37.4 Å². The van der Waals surface area contributed by atoms with Crippen LogP contribution in [0.25, 0.3) is 0 Å². The SMILES string of the molecule is CC[C@H](C)[C@H](NC(=O)c1cnc(Oc2ccc3c(c2)CCC(c2cccnc2)O3)s1)C(=O)O. The summed E-state index contributed by atoms with van der Waals surface area (Å²) in [5.74, 6) is -0.311. The molecule has 1 aliphatic rings. The fraction of sp³-hybridized carbons (Fsp3) is 0.333. The van der Waals surface area contributed by atoms with Gasteiger partial charge in [-0.05, 0) is 48.6 Å². The number of carboxylic acid groups (broad SMARTS) is 1. The van der Waals surface area contributed by atoms with E-state index in [4.69, 9.17) is 9.47 Å². The second kappa shape index (κ2) is 9.99. The van der Waals surface area contributed by atoms with Crippen molar-refractivity contribution in [2.75, 3.05) is 0 Å². The molecule has 3 heterocycles. The van der Waals surface area contributed by atoms with Gasteiger partial charge in [-0.3, -0.25) is 9.78 Å². The summed E-state index contributed by atoms with van der Waals surface area (Å²) < 4.78 is 12.0. The van der Waals surface area contributed by atoms with Crippen molar-refractivity contribution in [1.82, 2.24) is 15.3 Å². The van der Waals surface area contributed by atoms with Crippen LogP contribution in [0.5, 0.6) is 16.7 Å². The molecule has 1 aromatic carbocycles. The predicted molar refractivity (Wildman–Crippen MR) is 123 cm³/mol. The van der Waals surface area contributed by atoms with Gasteiger partial charge in [0.25, 0.3) is 11.1 Å². The van der Waals surface area contributed by atoms with Crippen LogP contribution in [0.4, 0.5) is 0 Å². The van der Waals surface area contributed by atoms with Crippen molar-refractivity contribution in [3.05, 3.63) is 64.9 Å². The summed E-state index contributed by atoms with van der Waals surface area (Å²) in [4.78, 5) is 32.6. The average Bonchev–Trinajstić information content (AvgIpc) is 3.30. The lowest BCUT2D eigenvalue weighted by Gasteiger charge is -2.26. The first kappa shape index (κ1) is 22.7. The molecule has 0 fully saturated rings. The summed E-state index contributed by atoms with van der Waals surface area (Å²) >= 11 is 1.07. The quantitative estimate of drug-likeness (QED) is 0.497. The summed E-state index contributed by atoms with van der Waals surface area (Å²) in [6.45, 7) is 3.67. The number of rotatable bonds is 8. The third-order valence-electron chi connectivity index (χ3n) is 5.71. The Labute approximate surface area is 195 Å². The van der Waals surface area contributed by atoms with Crippen LogP contribution in [0.1, 0.15) is 53.6 Å². The predicted octanol–water partition coefficient (Wildman–Crippen LogP) is 4.63. The maximum atomic E-state index is 12.5. The highest BCUT2D eigenvalue weighted by Gasteiger charge is 2.27. The highest BCUT2D eigenvalue weighted by Crippen LogP contribution is 2.37. The van der Waals surface area contributed by atoms with E-state index in [1.54, 1.807) is 19.2 Å². The fourth-order valence-corrected chi connectivity index (χ4v) is 4.32. The summed E-state index contributed by atoms with van der Waals surface area (Å²) in [6, 6.07) is 8.55. The van der Waals surface area contributed by atoms with Crippen LogP contribution in [0, 0.1) is 5.92 Å². The Hall–Kier alpha value is -3.46. The van der Waals surface area contributed by atoms with Crippen molar-refractivity contribution in [3.8, 4) is 16.7 Å². The monoisotopic (exact) mass is 467 g/mol. The summed E-state index contributed by atoms with van der Waals surface area (Å²) in [7, 11) is 0. The second-order valence-corrected chi connectivity index (χ2v) is 8.96. The minimum atomic E-state index is -1.05. The molecule has 0 bridgehead atoms. The van der Waals surface area contributed by atoms with Gasteiger partial charge in [0, 0.05) is 18.0 Å². The summed E-state index contributed by atoms with van der Waals surface area (Å²) in [6.07, 6.45) is 7.25. The molecule has 1 unspecified atom stereocenters. The number of fused-ring (bicyclic) bond motifs is 1. The van der Waals surface area contributed by atoms with Gasteiger partial charge < -0.3 is 19.9 Å². The number of aryl methyl sites for hydroxylation is 1. The number of hydrogen-bond acceptors (Lipinski definition) is 7. The molecule has 9 heteroatoms. The number of pyridine rings is 1. The molecule has 0 radical (unpaired) electrons. The van der Waals surface area contributed by atoms with Crippen molar-refractivity contribution in [2.24, 2.45) is 5.92 Å². The van der Waals surface area contributed by atoms with Gasteiger partial charge in [0.05, 0.1) is 6.20 Å². The molecule has 3 aromatic rings. The Morgan fingerprint density at radius 3 is 2.91 bits per heavy atom. The van der Waals surface area contributed by atoms with Gasteiger partial charge in [0.15, 0.2) is 0 Å². The third kappa shape index (κ3) is 5.31. The van der Waals surface area contributed by atoms with E-state index in [0.717, 1.165) is 41.1 Å². The van der Waals surface area contributed by atoms with Crippen molar-refractivity contribution >= 4 is 23.2 Å². The minimum absolute atomic E-state index is 0.0249. The maximum absolute atomic E-state index is 12.5. The number of carbonyl (C=O) groups excluding carboxylic acids is 1. The number of nitrogens with zero attached hydrogens (tertiary/aromatic N) is 2. The van der Waals surface area contributed by atoms with Gasteiger partial charge >= 0.3 is 5.97 Å². The molecular formula is C24H25N3O5S. The Balaban J connectivity index is 1.41. The molecule has 3 atom stereocenters. The van der Waals surface area contributed by atoms with E-state index >= 15 is 0 Å². The number of aromatic nitrogens is 2. The molecule has 2 aromatic heterocycles. The van der Waals surface area contributed by atoms with Crippen LogP contribution < -0.4 is 14.8 Å². The molecule has 0 saturated heterocycles. The van der Waals surface area contributed by atoms with Crippen LogP contribution in [-0.4, -0.2) is 33.0 Å². The molecule has 0 saturated carbocycles. The number of benzene rings is 1. The van der Waals surface area contributed by atoms with Crippen molar-refractivity contribution in [3.63, 3.8) is 0 Å². The van der Waals surface area contributed by atoms with Crippen LogP contribution >= 0.6 is 11.3 Å². The van der Waals surface area contributed by atoms with Crippen LogP contribution in [0.2, 0.25) is 0 Å². The van der Waals surface area contributed by atoms with Crippen LogP contribution in [-0.2, 0) is 11.2 Å². The second-order valence-electron chi connectivity index (χ2n) is 7.97. The summed E-state index contributed by atoms with van der Waals surface area (Å²) in [5.41, 5.74) is 2.09. The van der Waals surface area contributed by atoms with Gasteiger partial charge in [-0.15, -0.1) is 0 Å². The fourth-order valence-electron chi connectivity index (χ4n) is 3.64. The molecule has 0 aliphatic carbocycles. The van der Waals surface area contributed by atoms with Gasteiger partial charge in [-0.1, -0.05) is 37.7 Å². The number of carbonyl (C=O) groups is 2. The molecule has 33 heavy (non-hydrogen) atoms. The molecule has 1 amide bonds. The Morgan fingerprint density at radius 1 is 1.33 bits per heavy atom. The van der Waals surface area contributed by atoms with E-state index in [0.29, 0.717) is 22.2 Å². The Bertz CT molecular complexity index is 1130. The smallest absolute Gasteiger partial charge is 0.326 e.